The molecular formula is C24H28O4. The molecule has 4 heteroatoms. The molecule has 0 saturated carbocycles. The lowest BCUT2D eigenvalue weighted by molar-refractivity contribution is -0.131. The molecule has 0 aliphatic heterocycles. The van der Waals surface area contributed by atoms with Gasteiger partial charge in [0.2, 0.25) is 0 Å². The SMILES string of the molecule is CC(/C=C/C=C(C)/C=C/OC=O)=C\C=C\C=C(C)\C=C\C=C(C)\C=C\C(=O)O. The van der Waals surface area contributed by atoms with Crippen molar-refractivity contribution in [2.24, 2.45) is 0 Å². The molecule has 0 unspecified atom stereocenters. The Bertz CT molecular complexity index is 779. The van der Waals surface area contributed by atoms with E-state index in [1.165, 1.54) is 6.26 Å². The summed E-state index contributed by atoms with van der Waals surface area (Å²) in [4.78, 5) is 20.5. The van der Waals surface area contributed by atoms with Crippen LogP contribution in [-0.4, -0.2) is 17.5 Å². The number of ether oxygens (including phenoxy) is 1. The number of carbonyl (C=O) groups excluding carboxylic acids is 1. The second-order valence-electron chi connectivity index (χ2n) is 5.95. The van der Waals surface area contributed by atoms with Crippen molar-refractivity contribution >= 4 is 12.4 Å². The van der Waals surface area contributed by atoms with E-state index >= 15 is 0 Å². The summed E-state index contributed by atoms with van der Waals surface area (Å²) < 4.78 is 4.49. The maximum atomic E-state index is 10.4. The van der Waals surface area contributed by atoms with Crippen molar-refractivity contribution in [2.45, 2.75) is 27.7 Å². The van der Waals surface area contributed by atoms with Crippen LogP contribution in [-0.2, 0) is 14.3 Å². The van der Waals surface area contributed by atoms with E-state index < -0.39 is 5.97 Å². The summed E-state index contributed by atoms with van der Waals surface area (Å²) in [7, 11) is 0. The molecule has 0 aromatic carbocycles. The monoisotopic (exact) mass is 380 g/mol. The Kier molecular flexibility index (Phi) is 13.9. The molecule has 148 valence electrons. The molecule has 0 radical (unpaired) electrons. The number of aliphatic carboxylic acids is 1. The lowest BCUT2D eigenvalue weighted by atomic mass is 10.2. The number of rotatable bonds is 11. The Labute approximate surface area is 167 Å². The van der Waals surface area contributed by atoms with Crippen LogP contribution in [0.15, 0.2) is 108 Å². The number of carbonyl (C=O) groups is 2. The van der Waals surface area contributed by atoms with Crippen molar-refractivity contribution in [1.29, 1.82) is 0 Å². The van der Waals surface area contributed by atoms with Gasteiger partial charge in [0, 0.05) is 6.08 Å². The van der Waals surface area contributed by atoms with E-state index in [1.807, 2.05) is 88.5 Å². The highest BCUT2D eigenvalue weighted by atomic mass is 16.5. The van der Waals surface area contributed by atoms with Gasteiger partial charge in [0.25, 0.3) is 6.47 Å². The normalized spacial score (nSPS) is 15.0. The molecule has 28 heavy (non-hydrogen) atoms. The topological polar surface area (TPSA) is 63.6 Å². The van der Waals surface area contributed by atoms with Crippen LogP contribution < -0.4 is 0 Å². The number of carboxylic acid groups (broad SMARTS) is 1. The zero-order valence-electron chi connectivity index (χ0n) is 16.8. The van der Waals surface area contributed by atoms with Crippen LogP contribution in [0.2, 0.25) is 0 Å². The number of hydrogen-bond donors (Lipinski definition) is 1. The van der Waals surface area contributed by atoms with Crippen molar-refractivity contribution in [3.63, 3.8) is 0 Å². The first-order chi connectivity index (χ1) is 13.3. The van der Waals surface area contributed by atoms with Crippen LogP contribution >= 0.6 is 0 Å². The second-order valence-corrected chi connectivity index (χ2v) is 5.95. The molecule has 0 saturated heterocycles. The summed E-state index contributed by atoms with van der Waals surface area (Å²) in [5.74, 6) is -0.955. The van der Waals surface area contributed by atoms with Crippen molar-refractivity contribution in [3.05, 3.63) is 108 Å². The molecular weight excluding hydrogens is 352 g/mol. The Hall–Kier alpha value is -3.40. The smallest absolute Gasteiger partial charge is 0.328 e. The van der Waals surface area contributed by atoms with E-state index in [9.17, 15) is 9.59 Å². The Morgan fingerprint density at radius 1 is 0.643 bits per heavy atom. The number of carboxylic acids is 1. The minimum atomic E-state index is -0.955. The first kappa shape index (κ1) is 24.6. The predicted molar refractivity (Wildman–Crippen MR) is 116 cm³/mol. The highest BCUT2D eigenvalue weighted by Crippen LogP contribution is 2.02. The molecule has 4 nitrogen and oxygen atoms in total. The summed E-state index contributed by atoms with van der Waals surface area (Å²) in [6.45, 7) is 8.12. The van der Waals surface area contributed by atoms with Gasteiger partial charge in [-0.1, -0.05) is 83.6 Å². The van der Waals surface area contributed by atoms with Crippen molar-refractivity contribution in [3.8, 4) is 0 Å². The highest BCUT2D eigenvalue weighted by Gasteiger charge is 1.85. The van der Waals surface area contributed by atoms with Crippen molar-refractivity contribution in [1.82, 2.24) is 0 Å². The molecule has 0 aromatic rings. The van der Waals surface area contributed by atoms with E-state index in [0.717, 1.165) is 28.4 Å². The van der Waals surface area contributed by atoms with Crippen LogP contribution in [0.5, 0.6) is 0 Å². The van der Waals surface area contributed by atoms with Crippen molar-refractivity contribution in [2.75, 3.05) is 0 Å². The fourth-order valence-electron chi connectivity index (χ4n) is 1.72. The van der Waals surface area contributed by atoms with Crippen LogP contribution in [0.4, 0.5) is 0 Å². The van der Waals surface area contributed by atoms with Gasteiger partial charge in [0.05, 0.1) is 6.26 Å². The highest BCUT2D eigenvalue weighted by molar-refractivity contribution is 5.80. The Morgan fingerprint density at radius 2 is 1.07 bits per heavy atom. The van der Waals surface area contributed by atoms with Gasteiger partial charge in [-0.15, -0.1) is 0 Å². The van der Waals surface area contributed by atoms with Gasteiger partial charge < -0.3 is 9.84 Å². The quantitative estimate of drug-likeness (QED) is 0.214. The van der Waals surface area contributed by atoms with E-state index in [4.69, 9.17) is 5.11 Å². The number of allylic oxidation sites excluding steroid dienone is 16. The average Bonchev–Trinajstić information content (AvgIpc) is 2.64. The molecule has 0 aliphatic rings. The molecule has 0 amide bonds. The van der Waals surface area contributed by atoms with Gasteiger partial charge in [0.15, 0.2) is 0 Å². The largest absolute Gasteiger partial charge is 0.478 e. The lowest BCUT2D eigenvalue weighted by Crippen LogP contribution is -1.85. The van der Waals surface area contributed by atoms with Crippen LogP contribution in [0.1, 0.15) is 27.7 Å². The van der Waals surface area contributed by atoms with Gasteiger partial charge >= 0.3 is 5.97 Å². The van der Waals surface area contributed by atoms with Crippen LogP contribution in [0.25, 0.3) is 0 Å². The second kappa shape index (κ2) is 15.8. The molecule has 0 bridgehead atoms. The van der Waals surface area contributed by atoms with E-state index in [2.05, 4.69) is 4.74 Å². The van der Waals surface area contributed by atoms with Crippen molar-refractivity contribution < 1.29 is 19.4 Å². The standard InChI is InChI=1S/C24H28O4/c1-20(11-7-13-22(3)15-16-24(26)27)9-5-6-10-21(2)12-8-14-23(4)17-18-28-19-25/h5-19H,1-4H3,(H,26,27)/b6-5+,11-7+,12-8+,16-15+,18-17+,20-9+,21-10+,22-13+,23-14+. The molecule has 0 rings (SSSR count). The molecule has 0 fully saturated rings. The summed E-state index contributed by atoms with van der Waals surface area (Å²) in [6.07, 6.45) is 25.1. The molecule has 0 heterocycles. The Balaban J connectivity index is 4.62. The maximum absolute atomic E-state index is 10.4. The summed E-state index contributed by atoms with van der Waals surface area (Å²) in [5, 5.41) is 8.57. The summed E-state index contributed by atoms with van der Waals surface area (Å²) in [6, 6.07) is 0. The van der Waals surface area contributed by atoms with Gasteiger partial charge in [-0.25, -0.2) is 4.79 Å². The third-order valence-electron chi connectivity index (χ3n) is 3.22. The molecule has 0 aromatic heterocycles. The minimum absolute atomic E-state index is 0.377. The predicted octanol–water partition coefficient (Wildman–Crippen LogP) is 5.77. The Morgan fingerprint density at radius 3 is 1.54 bits per heavy atom. The molecule has 0 spiro atoms. The molecule has 0 atom stereocenters. The van der Waals surface area contributed by atoms with Gasteiger partial charge in [0.1, 0.15) is 0 Å². The van der Waals surface area contributed by atoms with E-state index in [1.54, 1.807) is 12.2 Å². The zero-order valence-corrected chi connectivity index (χ0v) is 16.8. The fourth-order valence-corrected chi connectivity index (χ4v) is 1.72. The minimum Gasteiger partial charge on any atom is -0.478 e. The first-order valence-corrected chi connectivity index (χ1v) is 8.73. The van der Waals surface area contributed by atoms with Gasteiger partial charge in [-0.3, -0.25) is 4.79 Å². The lowest BCUT2D eigenvalue weighted by Gasteiger charge is -1.90. The molecule has 1 N–H and O–H groups in total. The van der Waals surface area contributed by atoms with E-state index in [0.29, 0.717) is 6.47 Å². The summed E-state index contributed by atoms with van der Waals surface area (Å²) in [5.41, 5.74) is 4.00. The fraction of sp³-hybridized carbons (Fsp3) is 0.167. The number of hydrogen-bond acceptors (Lipinski definition) is 3. The first-order valence-electron chi connectivity index (χ1n) is 8.73. The van der Waals surface area contributed by atoms with Crippen LogP contribution in [0, 0.1) is 0 Å². The summed E-state index contributed by atoms with van der Waals surface area (Å²) >= 11 is 0. The van der Waals surface area contributed by atoms with E-state index in [-0.39, 0.29) is 0 Å². The maximum Gasteiger partial charge on any atom is 0.328 e. The zero-order chi connectivity index (χ0) is 21.2. The van der Waals surface area contributed by atoms with Gasteiger partial charge in [-0.05, 0) is 39.3 Å². The van der Waals surface area contributed by atoms with Crippen LogP contribution in [0.3, 0.4) is 0 Å². The van der Waals surface area contributed by atoms with Gasteiger partial charge in [-0.2, -0.15) is 0 Å². The average molecular weight is 380 g/mol. The third kappa shape index (κ3) is 16.1. The molecule has 0 aliphatic carbocycles. The third-order valence-corrected chi connectivity index (χ3v) is 3.22.